The van der Waals surface area contributed by atoms with E-state index >= 15 is 0 Å². The van der Waals surface area contributed by atoms with E-state index in [1.807, 2.05) is 44.2 Å². The molecule has 1 heterocycles. The number of carbonyl (C=O) groups is 2. The Hall–Kier alpha value is -3.28. The predicted molar refractivity (Wildman–Crippen MR) is 131 cm³/mol. The fraction of sp³-hybridized carbons (Fsp3) is 0.407. The topological polar surface area (TPSA) is 92.2 Å². The Labute approximate surface area is 195 Å². The van der Waals surface area contributed by atoms with Gasteiger partial charge in [-0.3, -0.25) is 14.6 Å². The molecule has 2 N–H and O–H groups in total. The summed E-state index contributed by atoms with van der Waals surface area (Å²) >= 11 is 0. The number of fused-ring (bicyclic) bond motifs is 1. The van der Waals surface area contributed by atoms with Crippen molar-refractivity contribution >= 4 is 22.9 Å². The Morgan fingerprint density at radius 3 is 2.39 bits per heavy atom. The summed E-state index contributed by atoms with van der Waals surface area (Å²) in [6.45, 7) is 6.44. The first kappa shape index (κ1) is 24.4. The van der Waals surface area contributed by atoms with Crippen molar-refractivity contribution in [2.45, 2.75) is 64.7 Å². The first-order valence-corrected chi connectivity index (χ1v) is 11.8. The van der Waals surface area contributed by atoms with Gasteiger partial charge >= 0.3 is 5.97 Å². The van der Waals surface area contributed by atoms with E-state index < -0.39 is 11.4 Å². The summed E-state index contributed by atoms with van der Waals surface area (Å²) in [7, 11) is 0. The minimum absolute atomic E-state index is 0.237. The van der Waals surface area contributed by atoms with Crippen molar-refractivity contribution < 1.29 is 14.7 Å². The molecule has 0 bridgehead atoms. The number of nitrogens with one attached hydrogen (secondary N) is 1. The van der Waals surface area contributed by atoms with Crippen LogP contribution in [0.25, 0.3) is 22.3 Å². The summed E-state index contributed by atoms with van der Waals surface area (Å²) in [6, 6.07) is 13.1. The normalized spacial score (nSPS) is 12.9. The molecular formula is C27H33N3O3. The summed E-state index contributed by atoms with van der Waals surface area (Å²) in [4.78, 5) is 35.1. The standard InChI is InChI=1S/C27H33N3O3/c1-4-7-11-15-27(14-5-2,26(32)33)21-16-20(25(31)28-6-3)17-22-24(21)30-23(18-29-22)19-12-9-8-10-13-19/h8-10,12-13,16-18H,4-7,11,14-15H2,1-3H3,(H,28,31)(H,32,33). The summed E-state index contributed by atoms with van der Waals surface area (Å²) in [5.41, 5.74) is 2.54. The van der Waals surface area contributed by atoms with Crippen LogP contribution in [0.15, 0.2) is 48.7 Å². The van der Waals surface area contributed by atoms with Crippen LogP contribution >= 0.6 is 0 Å². The quantitative estimate of drug-likeness (QED) is 0.365. The van der Waals surface area contributed by atoms with E-state index in [1.54, 1.807) is 18.3 Å². The van der Waals surface area contributed by atoms with Gasteiger partial charge in [0.05, 0.1) is 28.3 Å². The van der Waals surface area contributed by atoms with Crippen molar-refractivity contribution in [1.82, 2.24) is 15.3 Å². The van der Waals surface area contributed by atoms with E-state index in [9.17, 15) is 14.7 Å². The molecule has 6 heteroatoms. The molecule has 1 aromatic heterocycles. The average molecular weight is 448 g/mol. The highest BCUT2D eigenvalue weighted by Gasteiger charge is 2.41. The summed E-state index contributed by atoms with van der Waals surface area (Å²) < 4.78 is 0. The maximum absolute atomic E-state index is 12.9. The molecule has 3 aromatic rings. The molecule has 33 heavy (non-hydrogen) atoms. The highest BCUT2D eigenvalue weighted by Crippen LogP contribution is 2.40. The minimum atomic E-state index is -1.13. The number of unbranched alkanes of at least 4 members (excludes halogenated alkanes) is 2. The lowest BCUT2D eigenvalue weighted by atomic mass is 9.72. The van der Waals surface area contributed by atoms with Gasteiger partial charge in [0.25, 0.3) is 5.91 Å². The van der Waals surface area contributed by atoms with Gasteiger partial charge in [-0.15, -0.1) is 0 Å². The number of nitrogens with zero attached hydrogens (tertiary/aromatic N) is 2. The number of hydrogen-bond donors (Lipinski definition) is 2. The van der Waals surface area contributed by atoms with Crippen molar-refractivity contribution in [2.75, 3.05) is 6.54 Å². The van der Waals surface area contributed by atoms with Crippen LogP contribution in [-0.4, -0.2) is 33.5 Å². The third-order valence-electron chi connectivity index (χ3n) is 6.13. The first-order chi connectivity index (χ1) is 16.0. The number of rotatable bonds is 11. The number of amides is 1. The van der Waals surface area contributed by atoms with Crippen molar-refractivity contribution in [3.05, 3.63) is 59.8 Å². The second-order valence-corrected chi connectivity index (χ2v) is 8.47. The maximum Gasteiger partial charge on any atom is 0.314 e. The molecule has 1 atom stereocenters. The third kappa shape index (κ3) is 5.21. The molecule has 0 spiro atoms. The molecule has 3 rings (SSSR count). The number of aliphatic carboxylic acids is 1. The van der Waals surface area contributed by atoms with Gasteiger partial charge in [0, 0.05) is 17.7 Å². The third-order valence-corrected chi connectivity index (χ3v) is 6.13. The monoisotopic (exact) mass is 447 g/mol. The lowest BCUT2D eigenvalue weighted by molar-refractivity contribution is -0.144. The minimum Gasteiger partial charge on any atom is -0.481 e. The van der Waals surface area contributed by atoms with Gasteiger partial charge in [0.2, 0.25) is 0 Å². The largest absolute Gasteiger partial charge is 0.481 e. The molecule has 0 saturated carbocycles. The Morgan fingerprint density at radius 2 is 1.76 bits per heavy atom. The number of aromatic nitrogens is 2. The number of carbonyl (C=O) groups excluding carboxylic acids is 1. The molecule has 0 aliphatic rings. The van der Waals surface area contributed by atoms with Gasteiger partial charge in [0.1, 0.15) is 0 Å². The zero-order valence-electron chi connectivity index (χ0n) is 19.7. The van der Waals surface area contributed by atoms with Gasteiger partial charge in [-0.2, -0.15) is 0 Å². The van der Waals surface area contributed by atoms with Crippen LogP contribution in [0.5, 0.6) is 0 Å². The fourth-order valence-electron chi connectivity index (χ4n) is 4.45. The number of carboxylic acids is 1. The van der Waals surface area contributed by atoms with E-state index in [0.717, 1.165) is 24.8 Å². The average Bonchev–Trinajstić information content (AvgIpc) is 2.83. The SMILES string of the molecule is CCCCCC(CCC)(C(=O)O)c1cc(C(=O)NCC)cc2ncc(-c3ccccc3)nc12. The van der Waals surface area contributed by atoms with E-state index in [-0.39, 0.29) is 5.91 Å². The van der Waals surface area contributed by atoms with Gasteiger partial charge in [-0.25, -0.2) is 4.98 Å². The lowest BCUT2D eigenvalue weighted by Gasteiger charge is -2.31. The van der Waals surface area contributed by atoms with Crippen LogP contribution in [0.2, 0.25) is 0 Å². The second-order valence-electron chi connectivity index (χ2n) is 8.47. The zero-order valence-corrected chi connectivity index (χ0v) is 19.7. The lowest BCUT2D eigenvalue weighted by Crippen LogP contribution is -2.37. The van der Waals surface area contributed by atoms with Crippen LogP contribution in [0.1, 0.15) is 75.2 Å². The van der Waals surface area contributed by atoms with Crippen LogP contribution in [-0.2, 0) is 10.2 Å². The molecular weight excluding hydrogens is 414 g/mol. The Morgan fingerprint density at radius 1 is 1.00 bits per heavy atom. The molecule has 1 unspecified atom stereocenters. The fourth-order valence-corrected chi connectivity index (χ4v) is 4.45. The Balaban J connectivity index is 2.30. The van der Waals surface area contributed by atoms with Crippen LogP contribution in [0.3, 0.4) is 0 Å². The molecule has 0 aliphatic carbocycles. The predicted octanol–water partition coefficient (Wildman–Crippen LogP) is 5.75. The molecule has 2 aromatic carbocycles. The molecule has 0 aliphatic heterocycles. The highest BCUT2D eigenvalue weighted by atomic mass is 16.4. The van der Waals surface area contributed by atoms with Crippen molar-refractivity contribution in [3.63, 3.8) is 0 Å². The summed E-state index contributed by atoms with van der Waals surface area (Å²) in [6.07, 6.45) is 6.10. The summed E-state index contributed by atoms with van der Waals surface area (Å²) in [5.74, 6) is -1.11. The molecule has 0 fully saturated rings. The van der Waals surface area contributed by atoms with Gasteiger partial charge < -0.3 is 10.4 Å². The van der Waals surface area contributed by atoms with Gasteiger partial charge in [0.15, 0.2) is 0 Å². The van der Waals surface area contributed by atoms with E-state index in [2.05, 4.69) is 17.2 Å². The van der Waals surface area contributed by atoms with Crippen molar-refractivity contribution in [3.8, 4) is 11.3 Å². The number of hydrogen-bond acceptors (Lipinski definition) is 4. The van der Waals surface area contributed by atoms with Crippen LogP contribution < -0.4 is 5.32 Å². The van der Waals surface area contributed by atoms with Crippen LogP contribution in [0.4, 0.5) is 0 Å². The molecule has 6 nitrogen and oxygen atoms in total. The zero-order chi connectivity index (χ0) is 23.8. The molecule has 0 radical (unpaired) electrons. The van der Waals surface area contributed by atoms with E-state index in [4.69, 9.17) is 4.98 Å². The smallest absolute Gasteiger partial charge is 0.314 e. The molecule has 174 valence electrons. The first-order valence-electron chi connectivity index (χ1n) is 11.8. The molecule has 0 saturated heterocycles. The second kappa shape index (κ2) is 11.0. The number of carboxylic acid groups (broad SMARTS) is 1. The van der Waals surface area contributed by atoms with Crippen molar-refractivity contribution in [1.29, 1.82) is 0 Å². The Bertz CT molecular complexity index is 1110. The Kier molecular flexibility index (Phi) is 8.15. The molecule has 1 amide bonds. The number of benzene rings is 2. The van der Waals surface area contributed by atoms with E-state index in [0.29, 0.717) is 53.7 Å². The van der Waals surface area contributed by atoms with Gasteiger partial charge in [-0.1, -0.05) is 69.9 Å². The summed E-state index contributed by atoms with van der Waals surface area (Å²) in [5, 5.41) is 13.4. The highest BCUT2D eigenvalue weighted by molar-refractivity contribution is 6.00. The van der Waals surface area contributed by atoms with Crippen molar-refractivity contribution in [2.24, 2.45) is 0 Å². The maximum atomic E-state index is 12.9. The van der Waals surface area contributed by atoms with E-state index in [1.165, 1.54) is 0 Å². The van der Waals surface area contributed by atoms with Crippen LogP contribution in [0, 0.1) is 0 Å². The van der Waals surface area contributed by atoms with Gasteiger partial charge in [-0.05, 0) is 37.5 Å².